The molecule has 1 atom stereocenters. The number of halogens is 2. The number of benzene rings is 1. The van der Waals surface area contributed by atoms with Crippen LogP contribution in [0.3, 0.4) is 0 Å². The van der Waals surface area contributed by atoms with Gasteiger partial charge in [0, 0.05) is 6.04 Å². The van der Waals surface area contributed by atoms with Gasteiger partial charge in [-0.1, -0.05) is 64.4 Å². The third kappa shape index (κ3) is 6.16. The maximum Gasteiger partial charge on any atom is 0.159 e. The molecule has 1 aliphatic carbocycles. The van der Waals surface area contributed by atoms with Crippen LogP contribution in [0.4, 0.5) is 8.78 Å². The Morgan fingerprint density at radius 2 is 1.62 bits per heavy atom. The molecule has 1 nitrogen and oxygen atoms in total. The maximum absolute atomic E-state index is 13.5. The SMILES string of the molecule is CCCCCCCCCCN[C@H](c1ccc(F)c(F)c1)C1CCC1. The van der Waals surface area contributed by atoms with Crippen molar-refractivity contribution in [3.8, 4) is 0 Å². The molecule has 0 heterocycles. The van der Waals surface area contributed by atoms with E-state index in [1.807, 2.05) is 0 Å². The fraction of sp³-hybridized carbons (Fsp3) is 0.714. The Kier molecular flexibility index (Phi) is 8.72. The van der Waals surface area contributed by atoms with E-state index in [2.05, 4.69) is 12.2 Å². The van der Waals surface area contributed by atoms with Gasteiger partial charge in [-0.05, 0) is 49.4 Å². The van der Waals surface area contributed by atoms with Crippen molar-refractivity contribution in [1.82, 2.24) is 5.32 Å². The molecule has 2 rings (SSSR count). The van der Waals surface area contributed by atoms with Crippen molar-refractivity contribution in [1.29, 1.82) is 0 Å². The van der Waals surface area contributed by atoms with E-state index in [0.717, 1.165) is 12.1 Å². The molecule has 0 spiro atoms. The summed E-state index contributed by atoms with van der Waals surface area (Å²) in [4.78, 5) is 0. The van der Waals surface area contributed by atoms with Crippen LogP contribution in [0.5, 0.6) is 0 Å². The molecule has 3 heteroatoms. The Balaban J connectivity index is 1.69. The lowest BCUT2D eigenvalue weighted by atomic mass is 9.77. The number of hydrogen-bond acceptors (Lipinski definition) is 1. The van der Waals surface area contributed by atoms with Crippen molar-refractivity contribution in [2.75, 3.05) is 6.54 Å². The lowest BCUT2D eigenvalue weighted by molar-refractivity contribution is 0.229. The highest BCUT2D eigenvalue weighted by atomic mass is 19.2. The highest BCUT2D eigenvalue weighted by Crippen LogP contribution is 2.38. The summed E-state index contributed by atoms with van der Waals surface area (Å²) < 4.78 is 26.7. The first-order chi connectivity index (χ1) is 11.7. The quantitative estimate of drug-likeness (QED) is 0.427. The normalized spacial score (nSPS) is 16.1. The molecule has 0 bridgehead atoms. The standard InChI is InChI=1S/C21H33F2N/c1-2-3-4-5-6-7-8-9-15-24-21(17-11-10-12-17)18-13-14-19(22)20(23)16-18/h13-14,16-17,21,24H,2-12,15H2,1H3/t21-/m0/s1. The molecule has 24 heavy (non-hydrogen) atoms. The fourth-order valence-corrected chi connectivity index (χ4v) is 3.55. The highest BCUT2D eigenvalue weighted by Gasteiger charge is 2.28. The van der Waals surface area contributed by atoms with Gasteiger partial charge in [0.1, 0.15) is 0 Å². The summed E-state index contributed by atoms with van der Waals surface area (Å²) in [5.41, 5.74) is 0.901. The van der Waals surface area contributed by atoms with Crippen LogP contribution in [0.2, 0.25) is 0 Å². The van der Waals surface area contributed by atoms with Gasteiger partial charge in [-0.3, -0.25) is 0 Å². The van der Waals surface area contributed by atoms with E-state index < -0.39 is 11.6 Å². The predicted octanol–water partition coefficient (Wildman–Crippen LogP) is 6.54. The first-order valence-electron chi connectivity index (χ1n) is 9.90. The van der Waals surface area contributed by atoms with Crippen LogP contribution in [0.15, 0.2) is 18.2 Å². The summed E-state index contributed by atoms with van der Waals surface area (Å²) >= 11 is 0. The van der Waals surface area contributed by atoms with Gasteiger partial charge in [0.05, 0.1) is 0 Å². The zero-order valence-electron chi connectivity index (χ0n) is 15.1. The predicted molar refractivity (Wildman–Crippen MR) is 97.1 cm³/mol. The fourth-order valence-electron chi connectivity index (χ4n) is 3.55. The summed E-state index contributed by atoms with van der Waals surface area (Å²) in [6.45, 7) is 3.21. The van der Waals surface area contributed by atoms with Crippen molar-refractivity contribution in [3.05, 3.63) is 35.4 Å². The maximum atomic E-state index is 13.5. The minimum Gasteiger partial charge on any atom is -0.310 e. The molecule has 1 aliphatic rings. The van der Waals surface area contributed by atoms with Crippen molar-refractivity contribution >= 4 is 0 Å². The smallest absolute Gasteiger partial charge is 0.159 e. The summed E-state index contributed by atoms with van der Waals surface area (Å²) in [6, 6.07) is 4.55. The number of nitrogens with one attached hydrogen (secondary N) is 1. The molecule has 0 aliphatic heterocycles. The summed E-state index contributed by atoms with van der Waals surface area (Å²) in [7, 11) is 0. The van der Waals surface area contributed by atoms with Crippen LogP contribution in [0.25, 0.3) is 0 Å². The van der Waals surface area contributed by atoms with E-state index in [1.165, 1.54) is 82.8 Å². The average Bonchev–Trinajstić information content (AvgIpc) is 2.53. The lowest BCUT2D eigenvalue weighted by Gasteiger charge is -2.35. The largest absolute Gasteiger partial charge is 0.310 e. The van der Waals surface area contributed by atoms with Crippen molar-refractivity contribution in [2.45, 2.75) is 83.6 Å². The first-order valence-corrected chi connectivity index (χ1v) is 9.90. The molecule has 1 saturated carbocycles. The Bertz CT molecular complexity index is 471. The van der Waals surface area contributed by atoms with Gasteiger partial charge in [-0.15, -0.1) is 0 Å². The zero-order chi connectivity index (χ0) is 17.2. The average molecular weight is 337 g/mol. The van der Waals surface area contributed by atoms with Crippen molar-refractivity contribution < 1.29 is 8.78 Å². The van der Waals surface area contributed by atoms with Crippen LogP contribution in [-0.2, 0) is 0 Å². The molecule has 1 N–H and O–H groups in total. The molecular weight excluding hydrogens is 304 g/mol. The monoisotopic (exact) mass is 337 g/mol. The molecule has 0 aromatic heterocycles. The molecule has 0 saturated heterocycles. The minimum absolute atomic E-state index is 0.179. The second kappa shape index (κ2) is 10.8. The van der Waals surface area contributed by atoms with Crippen LogP contribution in [-0.4, -0.2) is 6.54 Å². The van der Waals surface area contributed by atoms with Crippen molar-refractivity contribution in [3.63, 3.8) is 0 Å². The third-order valence-electron chi connectivity index (χ3n) is 5.32. The number of rotatable bonds is 12. The van der Waals surface area contributed by atoms with Gasteiger partial charge in [0.15, 0.2) is 11.6 Å². The Labute approximate surface area is 146 Å². The van der Waals surface area contributed by atoms with Crippen LogP contribution in [0.1, 0.15) is 89.2 Å². The van der Waals surface area contributed by atoms with Gasteiger partial charge >= 0.3 is 0 Å². The van der Waals surface area contributed by atoms with E-state index >= 15 is 0 Å². The molecule has 0 unspecified atom stereocenters. The Morgan fingerprint density at radius 1 is 0.958 bits per heavy atom. The van der Waals surface area contributed by atoms with Crippen LogP contribution < -0.4 is 5.32 Å². The molecule has 1 aromatic rings. The van der Waals surface area contributed by atoms with Gasteiger partial charge in [-0.25, -0.2) is 8.78 Å². The second-order valence-electron chi connectivity index (χ2n) is 7.27. The summed E-state index contributed by atoms with van der Waals surface area (Å²) in [6.07, 6.45) is 14.1. The summed E-state index contributed by atoms with van der Waals surface area (Å²) in [5, 5.41) is 3.61. The lowest BCUT2D eigenvalue weighted by Crippen LogP contribution is -2.33. The van der Waals surface area contributed by atoms with Gasteiger partial charge in [0.25, 0.3) is 0 Å². The van der Waals surface area contributed by atoms with Gasteiger partial charge < -0.3 is 5.32 Å². The third-order valence-corrected chi connectivity index (χ3v) is 5.32. The topological polar surface area (TPSA) is 12.0 Å². The van der Waals surface area contributed by atoms with E-state index in [1.54, 1.807) is 6.07 Å². The molecular formula is C21H33F2N. The molecule has 136 valence electrons. The highest BCUT2D eigenvalue weighted by molar-refractivity contribution is 5.22. The molecule has 1 fully saturated rings. The molecule has 1 aromatic carbocycles. The van der Waals surface area contributed by atoms with Crippen molar-refractivity contribution in [2.24, 2.45) is 5.92 Å². The Morgan fingerprint density at radius 3 is 2.21 bits per heavy atom. The van der Waals surface area contributed by atoms with Gasteiger partial charge in [-0.2, -0.15) is 0 Å². The Hall–Kier alpha value is -0.960. The second-order valence-corrected chi connectivity index (χ2v) is 7.27. The van der Waals surface area contributed by atoms with E-state index in [0.29, 0.717) is 5.92 Å². The first kappa shape index (κ1) is 19.4. The zero-order valence-corrected chi connectivity index (χ0v) is 15.1. The molecule has 0 amide bonds. The van der Waals surface area contributed by atoms with Gasteiger partial charge in [0.2, 0.25) is 0 Å². The summed E-state index contributed by atoms with van der Waals surface area (Å²) in [5.74, 6) is -0.913. The van der Waals surface area contributed by atoms with E-state index in [9.17, 15) is 8.78 Å². The van der Waals surface area contributed by atoms with Crippen LogP contribution in [0, 0.1) is 17.6 Å². The van der Waals surface area contributed by atoms with E-state index in [-0.39, 0.29) is 6.04 Å². The van der Waals surface area contributed by atoms with Crippen LogP contribution >= 0.6 is 0 Å². The molecule has 0 radical (unpaired) electrons. The minimum atomic E-state index is -0.755. The van der Waals surface area contributed by atoms with E-state index in [4.69, 9.17) is 0 Å². The number of unbranched alkanes of at least 4 members (excludes halogenated alkanes) is 7. The number of hydrogen-bond donors (Lipinski definition) is 1.